The Morgan fingerprint density at radius 3 is 2.56 bits per heavy atom. The lowest BCUT2D eigenvalue weighted by Gasteiger charge is -2.14. The largest absolute Gasteiger partial charge is 0.496 e. The molecule has 1 aromatic rings. The zero-order valence-corrected chi connectivity index (χ0v) is 10.1. The molecule has 90 valence electrons. The van der Waals surface area contributed by atoms with Crippen molar-refractivity contribution < 1.29 is 14.3 Å². The summed E-state index contributed by atoms with van der Waals surface area (Å²) in [5, 5.41) is 0. The summed E-state index contributed by atoms with van der Waals surface area (Å²) >= 11 is 0. The number of nitrogens with two attached hydrogens (primary N) is 1. The molecule has 0 saturated carbocycles. The van der Waals surface area contributed by atoms with Gasteiger partial charge in [-0.15, -0.1) is 12.4 Å². The van der Waals surface area contributed by atoms with E-state index in [0.29, 0.717) is 5.75 Å². The van der Waals surface area contributed by atoms with E-state index in [1.165, 1.54) is 7.11 Å². The van der Waals surface area contributed by atoms with E-state index in [1.54, 1.807) is 7.11 Å². The normalized spacial score (nSPS) is 11.2. The van der Waals surface area contributed by atoms with Crippen molar-refractivity contribution in [3.8, 4) is 5.75 Å². The van der Waals surface area contributed by atoms with E-state index in [2.05, 4.69) is 4.74 Å². The Morgan fingerprint density at radius 2 is 2.00 bits per heavy atom. The Kier molecular flexibility index (Phi) is 6.53. The van der Waals surface area contributed by atoms with Crippen LogP contribution >= 0.6 is 12.4 Å². The summed E-state index contributed by atoms with van der Waals surface area (Å²) in [4.78, 5) is 11.1. The smallest absolute Gasteiger partial charge is 0.307 e. The van der Waals surface area contributed by atoms with Gasteiger partial charge in [0.15, 0.2) is 0 Å². The number of esters is 1. The Bertz CT molecular complexity index is 344. The van der Waals surface area contributed by atoms with Crippen LogP contribution in [0.25, 0.3) is 0 Å². The van der Waals surface area contributed by atoms with Crippen molar-refractivity contribution in [3.05, 3.63) is 29.8 Å². The number of ether oxygens (including phenoxy) is 2. The van der Waals surface area contributed by atoms with Crippen molar-refractivity contribution in [2.45, 2.75) is 12.5 Å². The maximum atomic E-state index is 11.1. The van der Waals surface area contributed by atoms with Crippen LogP contribution in [0.5, 0.6) is 5.75 Å². The van der Waals surface area contributed by atoms with Gasteiger partial charge in [0.1, 0.15) is 5.75 Å². The van der Waals surface area contributed by atoms with Gasteiger partial charge in [-0.05, 0) is 6.07 Å². The summed E-state index contributed by atoms with van der Waals surface area (Å²) < 4.78 is 9.71. The number of para-hydroxylation sites is 1. The molecular formula is C11H16ClNO3. The molecule has 0 aliphatic rings. The second-order valence-corrected chi connectivity index (χ2v) is 3.13. The minimum Gasteiger partial charge on any atom is -0.496 e. The standard InChI is InChI=1S/C11H15NO3.ClH/c1-14-10-6-4-3-5-8(10)9(12)7-11(13)15-2;/h3-6,9H,7,12H2,1-2H3;1H/t9-;/m1./s1. The molecule has 0 aliphatic carbocycles. The number of hydrogen-bond acceptors (Lipinski definition) is 4. The average Bonchev–Trinajstić information content (AvgIpc) is 2.28. The highest BCUT2D eigenvalue weighted by Gasteiger charge is 2.15. The molecule has 0 radical (unpaired) electrons. The van der Waals surface area contributed by atoms with Gasteiger partial charge in [-0.1, -0.05) is 18.2 Å². The molecular weight excluding hydrogens is 230 g/mol. The van der Waals surface area contributed by atoms with Gasteiger partial charge in [0.2, 0.25) is 0 Å². The Balaban J connectivity index is 0.00000225. The van der Waals surface area contributed by atoms with Crippen LogP contribution in [0.4, 0.5) is 0 Å². The SMILES string of the molecule is COC(=O)C[C@@H](N)c1ccccc1OC.Cl. The fourth-order valence-electron chi connectivity index (χ4n) is 1.35. The topological polar surface area (TPSA) is 61.5 Å². The lowest BCUT2D eigenvalue weighted by Crippen LogP contribution is -2.17. The molecule has 0 fully saturated rings. The molecule has 0 saturated heterocycles. The summed E-state index contributed by atoms with van der Waals surface area (Å²) in [5.41, 5.74) is 6.68. The molecule has 1 rings (SSSR count). The predicted octanol–water partition coefficient (Wildman–Crippen LogP) is 1.68. The minimum absolute atomic E-state index is 0. The van der Waals surface area contributed by atoms with Gasteiger partial charge < -0.3 is 15.2 Å². The molecule has 1 aromatic carbocycles. The molecule has 1 atom stereocenters. The van der Waals surface area contributed by atoms with E-state index < -0.39 is 6.04 Å². The first-order valence-electron chi connectivity index (χ1n) is 4.64. The van der Waals surface area contributed by atoms with Gasteiger partial charge in [0.25, 0.3) is 0 Å². The zero-order valence-electron chi connectivity index (χ0n) is 9.30. The zero-order chi connectivity index (χ0) is 11.3. The molecule has 0 bridgehead atoms. The van der Waals surface area contributed by atoms with Gasteiger partial charge in [0.05, 0.1) is 20.6 Å². The first-order valence-corrected chi connectivity index (χ1v) is 4.64. The Morgan fingerprint density at radius 1 is 1.38 bits per heavy atom. The van der Waals surface area contributed by atoms with Crippen LogP contribution < -0.4 is 10.5 Å². The second kappa shape index (κ2) is 7.09. The predicted molar refractivity (Wildman–Crippen MR) is 63.8 cm³/mol. The third kappa shape index (κ3) is 3.72. The van der Waals surface area contributed by atoms with Crippen molar-refractivity contribution in [1.82, 2.24) is 0 Å². The van der Waals surface area contributed by atoms with E-state index in [4.69, 9.17) is 10.5 Å². The molecule has 4 nitrogen and oxygen atoms in total. The highest BCUT2D eigenvalue weighted by Crippen LogP contribution is 2.25. The van der Waals surface area contributed by atoms with Gasteiger partial charge in [-0.2, -0.15) is 0 Å². The van der Waals surface area contributed by atoms with Crippen LogP contribution in [0.2, 0.25) is 0 Å². The molecule has 0 amide bonds. The summed E-state index contributed by atoms with van der Waals surface area (Å²) in [6.07, 6.45) is 0.150. The highest BCUT2D eigenvalue weighted by atomic mass is 35.5. The van der Waals surface area contributed by atoms with Crippen LogP contribution in [-0.4, -0.2) is 20.2 Å². The minimum atomic E-state index is -0.395. The molecule has 0 aliphatic heterocycles. The Labute approximate surface area is 101 Å². The quantitative estimate of drug-likeness (QED) is 0.820. The average molecular weight is 246 g/mol. The van der Waals surface area contributed by atoms with Crippen LogP contribution in [-0.2, 0) is 9.53 Å². The molecule has 0 spiro atoms. The first-order chi connectivity index (χ1) is 7.19. The number of benzene rings is 1. The first kappa shape index (κ1) is 14.7. The van der Waals surface area contributed by atoms with Crippen molar-refractivity contribution in [2.75, 3.05) is 14.2 Å². The summed E-state index contributed by atoms with van der Waals surface area (Å²) in [6, 6.07) is 6.97. The lowest BCUT2D eigenvalue weighted by atomic mass is 10.0. The molecule has 0 aromatic heterocycles. The Hall–Kier alpha value is -1.26. The lowest BCUT2D eigenvalue weighted by molar-refractivity contribution is -0.141. The fraction of sp³-hybridized carbons (Fsp3) is 0.364. The maximum absolute atomic E-state index is 11.1. The molecule has 0 unspecified atom stereocenters. The van der Waals surface area contributed by atoms with Gasteiger partial charge in [-0.3, -0.25) is 4.79 Å². The fourth-order valence-corrected chi connectivity index (χ4v) is 1.35. The van der Waals surface area contributed by atoms with Crippen LogP contribution in [0.15, 0.2) is 24.3 Å². The third-order valence-corrected chi connectivity index (χ3v) is 2.15. The van der Waals surface area contributed by atoms with Gasteiger partial charge in [0, 0.05) is 11.6 Å². The molecule has 2 N–H and O–H groups in total. The molecule has 5 heteroatoms. The molecule has 0 heterocycles. The molecule has 16 heavy (non-hydrogen) atoms. The summed E-state index contributed by atoms with van der Waals surface area (Å²) in [7, 11) is 2.92. The van der Waals surface area contributed by atoms with Crippen LogP contribution in [0.1, 0.15) is 18.0 Å². The highest BCUT2D eigenvalue weighted by molar-refractivity contribution is 5.85. The van der Waals surface area contributed by atoms with Crippen molar-refractivity contribution in [3.63, 3.8) is 0 Å². The van der Waals surface area contributed by atoms with E-state index in [9.17, 15) is 4.79 Å². The summed E-state index contributed by atoms with van der Waals surface area (Å²) in [5.74, 6) is 0.363. The number of hydrogen-bond donors (Lipinski definition) is 1. The second-order valence-electron chi connectivity index (χ2n) is 3.13. The van der Waals surface area contributed by atoms with Gasteiger partial charge in [-0.25, -0.2) is 0 Å². The van der Waals surface area contributed by atoms with E-state index >= 15 is 0 Å². The third-order valence-electron chi connectivity index (χ3n) is 2.15. The number of halogens is 1. The van der Waals surface area contributed by atoms with Gasteiger partial charge >= 0.3 is 5.97 Å². The van der Waals surface area contributed by atoms with E-state index in [1.807, 2.05) is 24.3 Å². The van der Waals surface area contributed by atoms with Crippen LogP contribution in [0, 0.1) is 0 Å². The number of methoxy groups -OCH3 is 2. The monoisotopic (exact) mass is 245 g/mol. The maximum Gasteiger partial charge on any atom is 0.307 e. The number of carbonyl (C=O) groups is 1. The van der Waals surface area contributed by atoms with Crippen LogP contribution in [0.3, 0.4) is 0 Å². The number of carbonyl (C=O) groups excluding carboxylic acids is 1. The van der Waals surface area contributed by atoms with Crippen molar-refractivity contribution in [1.29, 1.82) is 0 Å². The van der Waals surface area contributed by atoms with E-state index in [0.717, 1.165) is 5.56 Å². The summed E-state index contributed by atoms with van der Waals surface area (Å²) in [6.45, 7) is 0. The van der Waals surface area contributed by atoms with Crippen molar-refractivity contribution >= 4 is 18.4 Å². The van der Waals surface area contributed by atoms with Crippen molar-refractivity contribution in [2.24, 2.45) is 5.73 Å². The van der Waals surface area contributed by atoms with E-state index in [-0.39, 0.29) is 24.8 Å². The number of rotatable bonds is 4.